The second kappa shape index (κ2) is 3.80. The Bertz CT molecular complexity index is 360. The zero-order valence-electron chi connectivity index (χ0n) is 6.77. The minimum absolute atomic E-state index is 0.138. The van der Waals surface area contributed by atoms with Crippen LogP contribution in [0.15, 0.2) is 22.7 Å². The van der Waals surface area contributed by atoms with Crippen LogP contribution < -0.4 is 4.52 Å². The fourth-order valence-electron chi connectivity index (χ4n) is 0.808. The number of phosphoric acid groups is 1. The highest BCUT2D eigenvalue weighted by Gasteiger charge is 2.17. The Morgan fingerprint density at radius 3 is 2.54 bits per heavy atom. The number of aryl methyl sites for hydroxylation is 1. The van der Waals surface area contributed by atoms with Crippen LogP contribution in [0.25, 0.3) is 0 Å². The van der Waals surface area contributed by atoms with E-state index >= 15 is 0 Å². The highest BCUT2D eigenvalue weighted by Crippen LogP contribution is 2.40. The van der Waals surface area contributed by atoms with Gasteiger partial charge in [0, 0.05) is 0 Å². The van der Waals surface area contributed by atoms with Gasteiger partial charge in [-0.15, -0.1) is 0 Å². The summed E-state index contributed by atoms with van der Waals surface area (Å²) in [7, 11) is -4.46. The second-order valence-corrected chi connectivity index (χ2v) is 4.53. The third-order valence-electron chi connectivity index (χ3n) is 1.30. The molecular formula is C7H8BrO4P. The Morgan fingerprint density at radius 1 is 1.46 bits per heavy atom. The average Bonchev–Trinajstić information content (AvgIpc) is 1.93. The summed E-state index contributed by atoms with van der Waals surface area (Å²) in [5, 5.41) is 0. The van der Waals surface area contributed by atoms with Crippen molar-refractivity contribution in [3.8, 4) is 5.75 Å². The molecule has 0 saturated heterocycles. The van der Waals surface area contributed by atoms with Gasteiger partial charge in [0.25, 0.3) is 0 Å². The lowest BCUT2D eigenvalue weighted by molar-refractivity contribution is 0.282. The third-order valence-corrected chi connectivity index (χ3v) is 2.36. The van der Waals surface area contributed by atoms with Crippen molar-refractivity contribution < 1.29 is 18.9 Å². The maximum absolute atomic E-state index is 10.5. The number of hydrogen-bond donors (Lipinski definition) is 2. The molecule has 0 radical (unpaired) electrons. The SMILES string of the molecule is Cc1ccc(OP(=O)(O)O)c(Br)c1. The molecule has 72 valence electrons. The molecule has 0 saturated carbocycles. The Kier molecular flexibility index (Phi) is 3.14. The van der Waals surface area contributed by atoms with Crippen molar-refractivity contribution in [2.45, 2.75) is 6.92 Å². The molecular weight excluding hydrogens is 259 g/mol. The number of rotatable bonds is 2. The molecule has 2 N–H and O–H groups in total. The first-order valence-electron chi connectivity index (χ1n) is 3.40. The predicted octanol–water partition coefficient (Wildman–Crippen LogP) is 2.23. The lowest BCUT2D eigenvalue weighted by atomic mass is 10.2. The van der Waals surface area contributed by atoms with E-state index in [9.17, 15) is 4.57 Å². The summed E-state index contributed by atoms with van der Waals surface area (Å²) in [6, 6.07) is 4.92. The summed E-state index contributed by atoms with van der Waals surface area (Å²) in [6.07, 6.45) is 0. The largest absolute Gasteiger partial charge is 0.524 e. The van der Waals surface area contributed by atoms with Gasteiger partial charge in [-0.3, -0.25) is 9.79 Å². The van der Waals surface area contributed by atoms with E-state index in [0.29, 0.717) is 4.47 Å². The van der Waals surface area contributed by atoms with E-state index in [1.54, 1.807) is 12.1 Å². The minimum Gasteiger partial charge on any atom is -0.403 e. The van der Waals surface area contributed by atoms with Gasteiger partial charge in [0.1, 0.15) is 5.75 Å². The first kappa shape index (κ1) is 10.7. The first-order valence-corrected chi connectivity index (χ1v) is 5.72. The van der Waals surface area contributed by atoms with Crippen molar-refractivity contribution in [3.05, 3.63) is 28.2 Å². The van der Waals surface area contributed by atoms with Crippen LogP contribution in [0, 0.1) is 6.92 Å². The molecule has 0 aliphatic heterocycles. The maximum atomic E-state index is 10.5. The summed E-state index contributed by atoms with van der Waals surface area (Å²) in [5.74, 6) is 0.138. The second-order valence-electron chi connectivity index (χ2n) is 2.52. The van der Waals surface area contributed by atoms with E-state index in [-0.39, 0.29) is 5.75 Å². The number of phosphoric ester groups is 1. The first-order chi connectivity index (χ1) is 5.88. The molecule has 13 heavy (non-hydrogen) atoms. The van der Waals surface area contributed by atoms with Gasteiger partial charge in [-0.25, -0.2) is 4.57 Å². The van der Waals surface area contributed by atoms with Gasteiger partial charge >= 0.3 is 7.82 Å². The smallest absolute Gasteiger partial charge is 0.403 e. The molecule has 0 spiro atoms. The summed E-state index contributed by atoms with van der Waals surface area (Å²) >= 11 is 3.13. The van der Waals surface area contributed by atoms with Gasteiger partial charge in [0.15, 0.2) is 0 Å². The van der Waals surface area contributed by atoms with Gasteiger partial charge in [0.05, 0.1) is 4.47 Å². The molecule has 0 heterocycles. The molecule has 0 atom stereocenters. The minimum atomic E-state index is -4.46. The molecule has 0 unspecified atom stereocenters. The summed E-state index contributed by atoms with van der Waals surface area (Å²) in [4.78, 5) is 17.1. The topological polar surface area (TPSA) is 66.8 Å². The molecule has 0 fully saturated rings. The Balaban J connectivity index is 2.97. The zero-order chi connectivity index (χ0) is 10.1. The highest BCUT2D eigenvalue weighted by atomic mass is 79.9. The monoisotopic (exact) mass is 266 g/mol. The van der Waals surface area contributed by atoms with Gasteiger partial charge < -0.3 is 4.52 Å². The van der Waals surface area contributed by atoms with E-state index in [1.807, 2.05) is 6.92 Å². The van der Waals surface area contributed by atoms with Crippen molar-refractivity contribution in [3.63, 3.8) is 0 Å². The van der Waals surface area contributed by atoms with Crippen molar-refractivity contribution in [1.82, 2.24) is 0 Å². The summed E-state index contributed by atoms with van der Waals surface area (Å²) < 4.78 is 15.4. The van der Waals surface area contributed by atoms with Gasteiger partial charge in [-0.1, -0.05) is 6.07 Å². The quantitative estimate of drug-likeness (QED) is 0.806. The van der Waals surface area contributed by atoms with Gasteiger partial charge in [0.2, 0.25) is 0 Å². The highest BCUT2D eigenvalue weighted by molar-refractivity contribution is 9.10. The summed E-state index contributed by atoms with van der Waals surface area (Å²) in [6.45, 7) is 1.87. The molecule has 0 aromatic heterocycles. The van der Waals surface area contributed by atoms with Crippen molar-refractivity contribution in [1.29, 1.82) is 0 Å². The standard InChI is InChI=1S/C7H8BrO4P/c1-5-2-3-7(6(8)4-5)12-13(9,10)11/h2-4H,1H3,(H2,9,10,11). The predicted molar refractivity (Wildman–Crippen MR) is 51.6 cm³/mol. The number of hydrogen-bond acceptors (Lipinski definition) is 2. The molecule has 0 aliphatic rings. The fraction of sp³-hybridized carbons (Fsp3) is 0.143. The van der Waals surface area contributed by atoms with Crippen LogP contribution in [0.1, 0.15) is 5.56 Å². The van der Waals surface area contributed by atoms with E-state index in [0.717, 1.165) is 5.56 Å². The summed E-state index contributed by atoms with van der Waals surface area (Å²) in [5.41, 5.74) is 0.977. The molecule has 0 bridgehead atoms. The van der Waals surface area contributed by atoms with Crippen molar-refractivity contribution in [2.24, 2.45) is 0 Å². The van der Waals surface area contributed by atoms with Crippen molar-refractivity contribution in [2.75, 3.05) is 0 Å². The third kappa shape index (κ3) is 3.48. The van der Waals surface area contributed by atoms with Gasteiger partial charge in [-0.2, -0.15) is 0 Å². The van der Waals surface area contributed by atoms with Crippen LogP contribution in [0.2, 0.25) is 0 Å². The molecule has 1 aromatic rings. The lowest BCUT2D eigenvalue weighted by Crippen LogP contribution is -1.91. The normalized spacial score (nSPS) is 11.4. The van der Waals surface area contributed by atoms with E-state index in [4.69, 9.17) is 9.79 Å². The van der Waals surface area contributed by atoms with Gasteiger partial charge in [-0.05, 0) is 40.5 Å². The molecule has 4 nitrogen and oxygen atoms in total. The number of benzene rings is 1. The van der Waals surface area contributed by atoms with E-state index in [2.05, 4.69) is 20.5 Å². The van der Waals surface area contributed by atoms with Crippen LogP contribution in [-0.4, -0.2) is 9.79 Å². The van der Waals surface area contributed by atoms with Crippen LogP contribution in [0.4, 0.5) is 0 Å². The van der Waals surface area contributed by atoms with Crippen molar-refractivity contribution >= 4 is 23.8 Å². The lowest BCUT2D eigenvalue weighted by Gasteiger charge is -2.08. The maximum Gasteiger partial charge on any atom is 0.524 e. The Morgan fingerprint density at radius 2 is 2.08 bits per heavy atom. The van der Waals surface area contributed by atoms with Crippen LogP contribution in [-0.2, 0) is 4.57 Å². The molecule has 1 rings (SSSR count). The molecule has 0 amide bonds. The zero-order valence-corrected chi connectivity index (χ0v) is 9.25. The average molecular weight is 267 g/mol. The van der Waals surface area contributed by atoms with Crippen LogP contribution in [0.3, 0.4) is 0 Å². The Hall–Kier alpha value is -0.350. The van der Waals surface area contributed by atoms with E-state index in [1.165, 1.54) is 6.07 Å². The molecule has 1 aromatic carbocycles. The van der Waals surface area contributed by atoms with Crippen LogP contribution >= 0.6 is 23.8 Å². The van der Waals surface area contributed by atoms with Crippen LogP contribution in [0.5, 0.6) is 5.75 Å². The number of halogens is 1. The molecule has 6 heteroatoms. The fourth-order valence-corrected chi connectivity index (χ4v) is 1.92. The molecule has 0 aliphatic carbocycles. The van der Waals surface area contributed by atoms with E-state index < -0.39 is 7.82 Å². The Labute approximate surface area is 83.9 Å².